The van der Waals surface area contributed by atoms with Gasteiger partial charge in [-0.25, -0.2) is 4.79 Å². The molecule has 0 amide bonds. The molecule has 7 heteroatoms. The summed E-state index contributed by atoms with van der Waals surface area (Å²) in [6.07, 6.45) is 4.86. The fourth-order valence-electron chi connectivity index (χ4n) is 1.87. The highest BCUT2D eigenvalue weighted by atomic mass is 16.7. The van der Waals surface area contributed by atoms with E-state index < -0.39 is 0 Å². The zero-order valence-corrected chi connectivity index (χ0v) is 19.1. The number of esters is 1. The molecule has 0 aliphatic heterocycles. The number of nitrogens with zero attached hydrogens (tertiary/aromatic N) is 3. The van der Waals surface area contributed by atoms with Crippen molar-refractivity contribution in [2.24, 2.45) is 0 Å². The van der Waals surface area contributed by atoms with E-state index in [1.165, 1.54) is 0 Å². The van der Waals surface area contributed by atoms with Crippen molar-refractivity contribution in [2.45, 2.75) is 41.0 Å². The van der Waals surface area contributed by atoms with Gasteiger partial charge >= 0.3 is 5.97 Å². The molecule has 1 rings (SSSR count). The minimum absolute atomic E-state index is 0.185. The maximum atomic E-state index is 11.7. The van der Waals surface area contributed by atoms with Crippen molar-refractivity contribution in [3.05, 3.63) is 36.3 Å². The first-order valence-electron chi connectivity index (χ1n) is 9.72. The molecule has 1 aromatic rings. The number of carbonyl (C=O) groups is 1. The van der Waals surface area contributed by atoms with Crippen molar-refractivity contribution >= 4 is 11.5 Å². The highest BCUT2D eigenvalue weighted by Gasteiger charge is 2.13. The molecule has 0 aliphatic carbocycles. The van der Waals surface area contributed by atoms with Crippen LogP contribution in [0.25, 0.3) is 5.57 Å². The first-order valence-corrected chi connectivity index (χ1v) is 9.72. The molecule has 1 heterocycles. The van der Waals surface area contributed by atoms with Gasteiger partial charge in [0.1, 0.15) is 0 Å². The largest absolute Gasteiger partial charge is 0.462 e. The molecule has 0 spiro atoms. The van der Waals surface area contributed by atoms with Gasteiger partial charge in [-0.2, -0.15) is 0 Å². The summed E-state index contributed by atoms with van der Waals surface area (Å²) in [6.45, 7) is 11.4. The summed E-state index contributed by atoms with van der Waals surface area (Å²) < 4.78 is 15.5. The topological polar surface area (TPSA) is 64.1 Å². The van der Waals surface area contributed by atoms with E-state index in [2.05, 4.69) is 4.98 Å². The van der Waals surface area contributed by atoms with Crippen LogP contribution in [0.5, 0.6) is 0 Å². The molecule has 162 valence electrons. The zero-order valence-electron chi connectivity index (χ0n) is 19.1. The normalized spacial score (nSPS) is 10.6. The summed E-state index contributed by atoms with van der Waals surface area (Å²) in [5.41, 5.74) is 1.27. The monoisotopic (exact) mass is 397 g/mol. The molecule has 28 heavy (non-hydrogen) atoms. The third kappa shape index (κ3) is 13.2. The van der Waals surface area contributed by atoms with Crippen LogP contribution in [0.2, 0.25) is 0 Å². The van der Waals surface area contributed by atoms with Crippen molar-refractivity contribution in [1.82, 2.24) is 14.8 Å². The quantitative estimate of drug-likeness (QED) is 0.359. The Balaban J connectivity index is 0. The molecule has 0 bridgehead atoms. The van der Waals surface area contributed by atoms with E-state index in [1.807, 2.05) is 66.9 Å². The minimum Gasteiger partial charge on any atom is -0.462 e. The van der Waals surface area contributed by atoms with Crippen LogP contribution >= 0.6 is 0 Å². The molecule has 0 atom stereocenters. The van der Waals surface area contributed by atoms with E-state index >= 15 is 0 Å². The Bertz CT molecular complexity index is 514. The van der Waals surface area contributed by atoms with E-state index in [0.29, 0.717) is 25.4 Å². The number of aromatic nitrogens is 1. The first-order chi connectivity index (χ1) is 13.4. The molecule has 7 nitrogen and oxygen atoms in total. The van der Waals surface area contributed by atoms with Crippen LogP contribution < -0.4 is 0 Å². The molecule has 0 aromatic carbocycles. The van der Waals surface area contributed by atoms with Gasteiger partial charge in [0.2, 0.25) is 6.41 Å². The molecule has 0 N–H and O–H groups in total. The van der Waals surface area contributed by atoms with Crippen LogP contribution in [0, 0.1) is 0 Å². The molecule has 1 aromatic heterocycles. The predicted molar refractivity (Wildman–Crippen MR) is 115 cm³/mol. The predicted octanol–water partition coefficient (Wildman–Crippen LogP) is 3.48. The third-order valence-corrected chi connectivity index (χ3v) is 2.90. The molecular formula is C21H39N3O4. The highest BCUT2D eigenvalue weighted by Crippen LogP contribution is 2.15. The summed E-state index contributed by atoms with van der Waals surface area (Å²) in [5, 5.41) is 0. The van der Waals surface area contributed by atoms with Crippen LogP contribution in [-0.2, 0) is 19.0 Å². The van der Waals surface area contributed by atoms with Gasteiger partial charge in [-0.1, -0.05) is 19.9 Å². The molecule has 0 aliphatic rings. The molecular weight excluding hydrogens is 358 g/mol. The number of hydrogen-bond donors (Lipinski definition) is 0. The Morgan fingerprint density at radius 1 is 1.07 bits per heavy atom. The van der Waals surface area contributed by atoms with Gasteiger partial charge in [0.05, 0.1) is 12.2 Å². The van der Waals surface area contributed by atoms with Crippen LogP contribution in [-0.4, -0.2) is 75.2 Å². The van der Waals surface area contributed by atoms with Crippen LogP contribution in [0.1, 0.15) is 40.2 Å². The second kappa shape index (κ2) is 18.4. The van der Waals surface area contributed by atoms with Crippen LogP contribution in [0.4, 0.5) is 0 Å². The van der Waals surface area contributed by atoms with Gasteiger partial charge < -0.3 is 19.1 Å². The lowest BCUT2D eigenvalue weighted by molar-refractivity contribution is -0.206. The number of ether oxygens (including phenoxy) is 3. The standard InChI is InChI=1S/C12H16N2O2.C7H17NO2.C2H6/c1-4-16-12(15)11(9-14(2)3)10-6-5-7-13-8-10;1-5-9-7(8(3)4)10-6-2;1-2/h5-9H,4H2,1-3H3;7H,5-6H2,1-4H3;1-2H3. The summed E-state index contributed by atoms with van der Waals surface area (Å²) in [4.78, 5) is 19.4. The van der Waals surface area contributed by atoms with Crippen molar-refractivity contribution in [3.63, 3.8) is 0 Å². The van der Waals surface area contributed by atoms with E-state index in [-0.39, 0.29) is 12.4 Å². The lowest BCUT2D eigenvalue weighted by Gasteiger charge is -2.22. The molecule has 0 unspecified atom stereocenters. The SMILES string of the molecule is CC.CCOC(=O)C(=CN(C)C)c1cccnc1.CCOC(OCC)N(C)C. The second-order valence-electron chi connectivity index (χ2n) is 5.65. The van der Waals surface area contributed by atoms with Gasteiger partial charge in [-0.3, -0.25) is 9.88 Å². The van der Waals surface area contributed by atoms with E-state index in [9.17, 15) is 4.79 Å². The Morgan fingerprint density at radius 2 is 1.64 bits per heavy atom. The smallest absolute Gasteiger partial charge is 0.340 e. The number of rotatable bonds is 9. The maximum Gasteiger partial charge on any atom is 0.340 e. The molecule has 0 fully saturated rings. The lowest BCUT2D eigenvalue weighted by Crippen LogP contribution is -2.33. The van der Waals surface area contributed by atoms with E-state index in [0.717, 1.165) is 5.56 Å². The highest BCUT2D eigenvalue weighted by molar-refractivity contribution is 6.16. The molecule has 0 saturated heterocycles. The van der Waals surface area contributed by atoms with Crippen molar-refractivity contribution < 1.29 is 19.0 Å². The maximum absolute atomic E-state index is 11.7. The second-order valence-corrected chi connectivity index (χ2v) is 5.65. The Labute approximate surface area is 171 Å². The first kappa shape index (κ1) is 28.3. The van der Waals surface area contributed by atoms with Gasteiger partial charge in [0.25, 0.3) is 0 Å². The van der Waals surface area contributed by atoms with Crippen molar-refractivity contribution in [1.29, 1.82) is 0 Å². The average Bonchev–Trinajstić information content (AvgIpc) is 2.68. The molecule has 0 radical (unpaired) electrons. The number of hydrogen-bond acceptors (Lipinski definition) is 7. The minimum atomic E-state index is -0.329. The molecule has 0 saturated carbocycles. The van der Waals surface area contributed by atoms with E-state index in [1.54, 1.807) is 36.5 Å². The Hall–Kier alpha value is -1.96. The summed E-state index contributed by atoms with van der Waals surface area (Å²) in [7, 11) is 7.57. The Kier molecular flexibility index (Phi) is 18.6. The van der Waals surface area contributed by atoms with E-state index in [4.69, 9.17) is 14.2 Å². The van der Waals surface area contributed by atoms with Gasteiger partial charge in [0.15, 0.2) is 0 Å². The van der Waals surface area contributed by atoms with Crippen LogP contribution in [0.3, 0.4) is 0 Å². The van der Waals surface area contributed by atoms with Crippen molar-refractivity contribution in [3.8, 4) is 0 Å². The van der Waals surface area contributed by atoms with Crippen LogP contribution in [0.15, 0.2) is 30.7 Å². The summed E-state index contributed by atoms with van der Waals surface area (Å²) >= 11 is 0. The Morgan fingerprint density at radius 3 is 2.00 bits per heavy atom. The zero-order chi connectivity index (χ0) is 21.9. The van der Waals surface area contributed by atoms with Gasteiger partial charge in [0, 0.05) is 51.5 Å². The summed E-state index contributed by atoms with van der Waals surface area (Å²) in [5.74, 6) is -0.329. The third-order valence-electron chi connectivity index (χ3n) is 2.90. The average molecular weight is 398 g/mol. The van der Waals surface area contributed by atoms with Gasteiger partial charge in [-0.15, -0.1) is 0 Å². The number of pyridine rings is 1. The number of carbonyl (C=O) groups excluding carboxylic acids is 1. The van der Waals surface area contributed by atoms with Crippen molar-refractivity contribution in [2.75, 3.05) is 48.0 Å². The lowest BCUT2D eigenvalue weighted by atomic mass is 10.1. The van der Waals surface area contributed by atoms with Gasteiger partial charge in [-0.05, 0) is 40.9 Å². The fourth-order valence-corrected chi connectivity index (χ4v) is 1.87. The summed E-state index contributed by atoms with van der Waals surface area (Å²) in [6, 6.07) is 3.62. The fraction of sp³-hybridized carbons (Fsp3) is 0.619.